The van der Waals surface area contributed by atoms with E-state index in [0.717, 1.165) is 11.3 Å². The van der Waals surface area contributed by atoms with Crippen LogP contribution in [0.5, 0.6) is 5.88 Å². The van der Waals surface area contributed by atoms with Crippen molar-refractivity contribution in [2.75, 3.05) is 7.11 Å². The Bertz CT molecular complexity index is 359. The number of nitrogens with zero attached hydrogens (tertiary/aromatic N) is 2. The fraction of sp³-hybridized carbons (Fsp3) is 0.667. The van der Waals surface area contributed by atoms with Crippen molar-refractivity contribution >= 4 is 0 Å². The molecule has 0 amide bonds. The van der Waals surface area contributed by atoms with Crippen LogP contribution in [0.3, 0.4) is 0 Å². The molecule has 1 N–H and O–H groups in total. The molecule has 0 radical (unpaired) electrons. The molecular formula is C12H20N2O2. The van der Waals surface area contributed by atoms with E-state index in [-0.39, 0.29) is 5.41 Å². The van der Waals surface area contributed by atoms with E-state index < -0.39 is 6.10 Å². The van der Waals surface area contributed by atoms with Gasteiger partial charge in [0, 0.05) is 12.0 Å². The second kappa shape index (κ2) is 4.78. The molecule has 0 spiro atoms. The molecular weight excluding hydrogens is 204 g/mol. The van der Waals surface area contributed by atoms with Gasteiger partial charge in [-0.2, -0.15) is 0 Å². The maximum absolute atomic E-state index is 10.0. The molecule has 16 heavy (non-hydrogen) atoms. The van der Waals surface area contributed by atoms with Crippen LogP contribution >= 0.6 is 0 Å². The summed E-state index contributed by atoms with van der Waals surface area (Å²) in [4.78, 5) is 8.20. The van der Waals surface area contributed by atoms with E-state index in [9.17, 15) is 5.11 Å². The van der Waals surface area contributed by atoms with Crippen LogP contribution in [0.25, 0.3) is 0 Å². The highest BCUT2D eigenvalue weighted by atomic mass is 16.5. The Morgan fingerprint density at radius 2 is 2.00 bits per heavy atom. The normalized spacial score (nSPS) is 13.6. The van der Waals surface area contributed by atoms with E-state index in [0.29, 0.717) is 12.3 Å². The third-order valence-electron chi connectivity index (χ3n) is 2.72. The van der Waals surface area contributed by atoms with Crippen LogP contribution in [0.2, 0.25) is 0 Å². The average Bonchev–Trinajstić information content (AvgIpc) is 2.19. The van der Waals surface area contributed by atoms with Gasteiger partial charge in [-0.1, -0.05) is 20.8 Å². The highest BCUT2D eigenvalue weighted by molar-refractivity contribution is 5.28. The van der Waals surface area contributed by atoms with Crippen LogP contribution in [0.15, 0.2) is 6.33 Å². The summed E-state index contributed by atoms with van der Waals surface area (Å²) in [7, 11) is 1.58. The van der Waals surface area contributed by atoms with Crippen molar-refractivity contribution in [1.29, 1.82) is 0 Å². The Morgan fingerprint density at radius 1 is 1.38 bits per heavy atom. The summed E-state index contributed by atoms with van der Waals surface area (Å²) < 4.78 is 5.12. The summed E-state index contributed by atoms with van der Waals surface area (Å²) >= 11 is 0. The second-order valence-corrected chi connectivity index (χ2v) is 5.04. The predicted molar refractivity (Wildman–Crippen MR) is 62.5 cm³/mol. The standard InChI is InChI=1S/C12H20N2O2/c1-8-9(6-10(15)12(2,3)4)13-7-14-11(8)16-5/h7,10,15H,6H2,1-5H3. The van der Waals surface area contributed by atoms with Gasteiger partial charge < -0.3 is 9.84 Å². The van der Waals surface area contributed by atoms with E-state index in [2.05, 4.69) is 9.97 Å². The lowest BCUT2D eigenvalue weighted by Gasteiger charge is -2.26. The third kappa shape index (κ3) is 2.92. The first-order valence-electron chi connectivity index (χ1n) is 5.38. The zero-order valence-corrected chi connectivity index (χ0v) is 10.6. The first-order chi connectivity index (χ1) is 7.36. The van der Waals surface area contributed by atoms with Crippen LogP contribution in [-0.4, -0.2) is 28.3 Å². The molecule has 0 aliphatic heterocycles. The highest BCUT2D eigenvalue weighted by Gasteiger charge is 2.24. The summed E-state index contributed by atoms with van der Waals surface area (Å²) in [6, 6.07) is 0. The first-order valence-corrected chi connectivity index (χ1v) is 5.38. The van der Waals surface area contributed by atoms with Crippen molar-refractivity contribution in [2.24, 2.45) is 5.41 Å². The molecule has 1 aromatic rings. The third-order valence-corrected chi connectivity index (χ3v) is 2.72. The molecule has 1 heterocycles. The Labute approximate surface area is 96.7 Å². The van der Waals surface area contributed by atoms with E-state index >= 15 is 0 Å². The summed E-state index contributed by atoms with van der Waals surface area (Å²) in [6.45, 7) is 7.92. The number of hydrogen-bond acceptors (Lipinski definition) is 4. The Morgan fingerprint density at radius 3 is 2.50 bits per heavy atom. The molecule has 1 unspecified atom stereocenters. The van der Waals surface area contributed by atoms with Crippen molar-refractivity contribution < 1.29 is 9.84 Å². The highest BCUT2D eigenvalue weighted by Crippen LogP contribution is 2.24. The molecule has 1 rings (SSSR count). The van der Waals surface area contributed by atoms with Crippen LogP contribution < -0.4 is 4.74 Å². The Balaban J connectivity index is 2.90. The predicted octanol–water partition coefficient (Wildman–Crippen LogP) is 1.74. The van der Waals surface area contributed by atoms with Gasteiger partial charge in [0.2, 0.25) is 5.88 Å². The quantitative estimate of drug-likeness (QED) is 0.849. The average molecular weight is 224 g/mol. The van der Waals surface area contributed by atoms with Gasteiger partial charge in [-0.3, -0.25) is 0 Å². The van der Waals surface area contributed by atoms with Crippen molar-refractivity contribution in [2.45, 2.75) is 40.2 Å². The molecule has 0 bridgehead atoms. The largest absolute Gasteiger partial charge is 0.481 e. The van der Waals surface area contributed by atoms with Gasteiger partial charge in [-0.05, 0) is 12.3 Å². The Kier molecular flexibility index (Phi) is 3.86. The van der Waals surface area contributed by atoms with Crippen LogP contribution in [-0.2, 0) is 6.42 Å². The SMILES string of the molecule is COc1ncnc(CC(O)C(C)(C)C)c1C. The van der Waals surface area contributed by atoms with Crippen LogP contribution in [0, 0.1) is 12.3 Å². The van der Waals surface area contributed by atoms with Gasteiger partial charge in [-0.15, -0.1) is 0 Å². The summed E-state index contributed by atoms with van der Waals surface area (Å²) in [6.07, 6.45) is 1.57. The molecule has 0 saturated carbocycles. The van der Waals surface area contributed by atoms with E-state index in [4.69, 9.17) is 4.74 Å². The zero-order chi connectivity index (χ0) is 12.3. The molecule has 0 fully saturated rings. The molecule has 0 aromatic carbocycles. The first kappa shape index (κ1) is 12.9. The van der Waals surface area contributed by atoms with Crippen LogP contribution in [0.4, 0.5) is 0 Å². The number of rotatable bonds is 3. The van der Waals surface area contributed by atoms with Gasteiger partial charge >= 0.3 is 0 Å². The van der Waals surface area contributed by atoms with E-state index in [1.807, 2.05) is 27.7 Å². The maximum atomic E-state index is 10.0. The summed E-state index contributed by atoms with van der Waals surface area (Å²) in [5, 5.41) is 10.0. The van der Waals surface area contributed by atoms with Gasteiger partial charge in [0.15, 0.2) is 0 Å². The van der Waals surface area contributed by atoms with Crippen LogP contribution in [0.1, 0.15) is 32.0 Å². The zero-order valence-electron chi connectivity index (χ0n) is 10.6. The lowest BCUT2D eigenvalue weighted by molar-refractivity contribution is 0.0625. The molecule has 90 valence electrons. The summed E-state index contributed by atoms with van der Waals surface area (Å²) in [5.41, 5.74) is 1.59. The minimum absolute atomic E-state index is 0.148. The summed E-state index contributed by atoms with van der Waals surface area (Å²) in [5.74, 6) is 0.575. The monoisotopic (exact) mass is 224 g/mol. The van der Waals surface area contributed by atoms with E-state index in [1.165, 1.54) is 6.33 Å². The molecule has 0 saturated heterocycles. The molecule has 1 aromatic heterocycles. The Hall–Kier alpha value is -1.16. The minimum atomic E-state index is -0.425. The molecule has 0 aliphatic carbocycles. The van der Waals surface area contributed by atoms with Gasteiger partial charge in [-0.25, -0.2) is 9.97 Å². The second-order valence-electron chi connectivity index (χ2n) is 5.04. The number of ether oxygens (including phenoxy) is 1. The van der Waals surface area contributed by atoms with Crippen molar-refractivity contribution in [3.8, 4) is 5.88 Å². The lowest BCUT2D eigenvalue weighted by atomic mass is 9.86. The lowest BCUT2D eigenvalue weighted by Crippen LogP contribution is -2.28. The molecule has 4 nitrogen and oxygen atoms in total. The maximum Gasteiger partial charge on any atom is 0.219 e. The number of aliphatic hydroxyl groups excluding tert-OH is 1. The van der Waals surface area contributed by atoms with Gasteiger partial charge in [0.25, 0.3) is 0 Å². The van der Waals surface area contributed by atoms with E-state index in [1.54, 1.807) is 7.11 Å². The van der Waals surface area contributed by atoms with Gasteiger partial charge in [0.1, 0.15) is 6.33 Å². The fourth-order valence-electron chi connectivity index (χ4n) is 1.37. The van der Waals surface area contributed by atoms with Crippen molar-refractivity contribution in [3.05, 3.63) is 17.6 Å². The topological polar surface area (TPSA) is 55.2 Å². The van der Waals surface area contributed by atoms with Crippen molar-refractivity contribution in [1.82, 2.24) is 9.97 Å². The number of aromatic nitrogens is 2. The number of aliphatic hydroxyl groups is 1. The van der Waals surface area contributed by atoms with Gasteiger partial charge in [0.05, 0.1) is 18.9 Å². The number of hydrogen-bond donors (Lipinski definition) is 1. The smallest absolute Gasteiger partial charge is 0.219 e. The molecule has 0 aliphatic rings. The minimum Gasteiger partial charge on any atom is -0.481 e. The molecule has 4 heteroatoms. The number of methoxy groups -OCH3 is 1. The molecule has 1 atom stereocenters. The van der Waals surface area contributed by atoms with Crippen molar-refractivity contribution in [3.63, 3.8) is 0 Å². The fourth-order valence-corrected chi connectivity index (χ4v) is 1.37.